The number of aromatic amines is 1. The zero-order chi connectivity index (χ0) is 21.5. The largest absolute Gasteiger partial charge is 0.497 e. The van der Waals surface area contributed by atoms with Gasteiger partial charge in [0.25, 0.3) is 5.91 Å². The topological polar surface area (TPSA) is 83.2 Å². The van der Waals surface area contributed by atoms with Gasteiger partial charge in [-0.2, -0.15) is 0 Å². The lowest BCUT2D eigenvalue weighted by Crippen LogP contribution is -2.25. The molecule has 3 N–H and O–H groups in total. The smallest absolute Gasteiger partial charge is 0.251 e. The van der Waals surface area contributed by atoms with Crippen molar-refractivity contribution < 1.29 is 14.3 Å². The number of hydrogen-bond donors (Lipinski definition) is 3. The third kappa shape index (κ3) is 5.00. The molecule has 0 aliphatic rings. The monoisotopic (exact) mass is 407 g/mol. The Balaban J connectivity index is 1.55. The number of amides is 2. The molecule has 0 fully saturated rings. The highest BCUT2D eigenvalue weighted by Crippen LogP contribution is 2.23. The van der Waals surface area contributed by atoms with Crippen molar-refractivity contribution in [1.82, 2.24) is 10.3 Å². The third-order valence-electron chi connectivity index (χ3n) is 5.43. The summed E-state index contributed by atoms with van der Waals surface area (Å²) in [5.41, 5.74) is 3.44. The highest BCUT2D eigenvalue weighted by molar-refractivity contribution is 5.96. The lowest BCUT2D eigenvalue weighted by Gasteiger charge is -2.13. The molecule has 30 heavy (non-hydrogen) atoms. The molecule has 3 rings (SSSR count). The lowest BCUT2D eigenvalue weighted by molar-refractivity contribution is -0.120. The van der Waals surface area contributed by atoms with Crippen LogP contribution in [0, 0.1) is 5.92 Å². The average molecular weight is 408 g/mol. The van der Waals surface area contributed by atoms with E-state index in [0.29, 0.717) is 24.2 Å². The molecule has 2 aromatic carbocycles. The van der Waals surface area contributed by atoms with Gasteiger partial charge in [0, 0.05) is 40.8 Å². The number of carbonyl (C=O) groups excluding carboxylic acids is 2. The van der Waals surface area contributed by atoms with Crippen molar-refractivity contribution in [3.8, 4) is 5.75 Å². The molecular weight excluding hydrogens is 378 g/mol. The van der Waals surface area contributed by atoms with Crippen LogP contribution in [-0.4, -0.2) is 30.5 Å². The molecule has 0 saturated carbocycles. The van der Waals surface area contributed by atoms with E-state index in [1.807, 2.05) is 38.2 Å². The molecule has 0 saturated heterocycles. The molecule has 0 radical (unpaired) electrons. The minimum absolute atomic E-state index is 0.0115. The van der Waals surface area contributed by atoms with Gasteiger partial charge in [0.15, 0.2) is 0 Å². The Bertz CT molecular complexity index is 1000. The van der Waals surface area contributed by atoms with Crippen molar-refractivity contribution in [2.45, 2.75) is 33.1 Å². The van der Waals surface area contributed by atoms with Gasteiger partial charge in [-0.1, -0.05) is 13.8 Å². The van der Waals surface area contributed by atoms with Gasteiger partial charge in [0.1, 0.15) is 5.75 Å². The first-order valence-electron chi connectivity index (χ1n) is 10.4. The van der Waals surface area contributed by atoms with E-state index in [1.165, 1.54) is 0 Å². The number of rotatable bonds is 9. The van der Waals surface area contributed by atoms with Gasteiger partial charge in [-0.3, -0.25) is 9.59 Å². The van der Waals surface area contributed by atoms with Gasteiger partial charge in [0.05, 0.1) is 7.11 Å². The van der Waals surface area contributed by atoms with Crippen LogP contribution in [0.25, 0.3) is 10.9 Å². The molecule has 1 heterocycles. The predicted molar refractivity (Wildman–Crippen MR) is 120 cm³/mol. The molecule has 158 valence electrons. The quantitative estimate of drug-likeness (QED) is 0.487. The molecule has 0 aliphatic carbocycles. The maximum Gasteiger partial charge on any atom is 0.251 e. The Hall–Kier alpha value is -3.28. The number of methoxy groups -OCH3 is 1. The Kier molecular flexibility index (Phi) is 7.12. The summed E-state index contributed by atoms with van der Waals surface area (Å²) in [5, 5.41) is 6.97. The molecule has 0 unspecified atom stereocenters. The predicted octanol–water partition coefficient (Wildman–Crippen LogP) is 4.52. The molecule has 6 nitrogen and oxygen atoms in total. The summed E-state index contributed by atoms with van der Waals surface area (Å²) < 4.78 is 5.30. The van der Waals surface area contributed by atoms with Crippen molar-refractivity contribution in [2.75, 3.05) is 19.0 Å². The molecule has 0 atom stereocenters. The molecule has 6 heteroatoms. The summed E-state index contributed by atoms with van der Waals surface area (Å²) >= 11 is 0. The number of ether oxygens (including phenoxy) is 1. The summed E-state index contributed by atoms with van der Waals surface area (Å²) in [7, 11) is 1.65. The number of anilines is 1. The number of aromatic nitrogens is 1. The van der Waals surface area contributed by atoms with Crippen LogP contribution in [0.2, 0.25) is 0 Å². The second-order valence-corrected chi connectivity index (χ2v) is 7.31. The number of carbonyl (C=O) groups is 2. The average Bonchev–Trinajstić information content (AvgIpc) is 3.17. The summed E-state index contributed by atoms with van der Waals surface area (Å²) in [6.07, 6.45) is 4.30. The summed E-state index contributed by atoms with van der Waals surface area (Å²) in [6, 6.07) is 12.9. The SMILES string of the molecule is CCC(CC)C(=O)Nc1ccc(C(=O)NCCc2c[nH]c3ccc(OC)cc23)cc1. The van der Waals surface area contributed by atoms with Gasteiger partial charge in [0.2, 0.25) is 5.91 Å². The number of benzene rings is 2. The third-order valence-corrected chi connectivity index (χ3v) is 5.43. The van der Waals surface area contributed by atoms with Gasteiger partial charge in [-0.05, 0) is 67.3 Å². The number of fused-ring (bicyclic) bond motifs is 1. The first-order valence-corrected chi connectivity index (χ1v) is 10.4. The minimum atomic E-state index is -0.134. The Morgan fingerprint density at radius 3 is 2.47 bits per heavy atom. The molecule has 0 spiro atoms. The van der Waals surface area contributed by atoms with Crippen LogP contribution in [0.3, 0.4) is 0 Å². The highest BCUT2D eigenvalue weighted by atomic mass is 16.5. The first-order chi connectivity index (χ1) is 14.5. The van der Waals surface area contributed by atoms with Gasteiger partial charge in [-0.15, -0.1) is 0 Å². The van der Waals surface area contributed by atoms with Crippen LogP contribution >= 0.6 is 0 Å². The molecule has 0 bridgehead atoms. The van der Waals surface area contributed by atoms with Crippen LogP contribution in [0.5, 0.6) is 5.75 Å². The van der Waals surface area contributed by atoms with Crippen LogP contribution in [0.4, 0.5) is 5.69 Å². The van der Waals surface area contributed by atoms with E-state index in [4.69, 9.17) is 4.74 Å². The van der Waals surface area contributed by atoms with E-state index in [9.17, 15) is 9.59 Å². The summed E-state index contributed by atoms with van der Waals surface area (Å²) in [6.45, 7) is 4.54. The molecule has 1 aromatic heterocycles. The number of nitrogens with one attached hydrogen (secondary N) is 3. The molecule has 3 aromatic rings. The zero-order valence-corrected chi connectivity index (χ0v) is 17.7. The van der Waals surface area contributed by atoms with E-state index in [1.54, 1.807) is 31.4 Å². The molecule has 0 aliphatic heterocycles. The van der Waals surface area contributed by atoms with Gasteiger partial charge in [-0.25, -0.2) is 0 Å². The summed E-state index contributed by atoms with van der Waals surface area (Å²) in [5.74, 6) is 0.707. The van der Waals surface area contributed by atoms with E-state index in [2.05, 4.69) is 15.6 Å². The fourth-order valence-corrected chi connectivity index (χ4v) is 3.51. The number of hydrogen-bond acceptors (Lipinski definition) is 3. The van der Waals surface area contributed by atoms with Crippen molar-refractivity contribution in [1.29, 1.82) is 0 Å². The van der Waals surface area contributed by atoms with Crippen LogP contribution in [-0.2, 0) is 11.2 Å². The van der Waals surface area contributed by atoms with Gasteiger partial charge >= 0.3 is 0 Å². The van der Waals surface area contributed by atoms with Crippen molar-refractivity contribution in [3.63, 3.8) is 0 Å². The minimum Gasteiger partial charge on any atom is -0.497 e. The Labute approximate surface area is 177 Å². The van der Waals surface area contributed by atoms with Crippen molar-refractivity contribution in [3.05, 3.63) is 59.8 Å². The van der Waals surface area contributed by atoms with Crippen molar-refractivity contribution >= 4 is 28.4 Å². The lowest BCUT2D eigenvalue weighted by atomic mass is 10.0. The van der Waals surface area contributed by atoms with E-state index < -0.39 is 0 Å². The normalized spacial score (nSPS) is 10.9. The van der Waals surface area contributed by atoms with E-state index in [0.717, 1.165) is 35.1 Å². The van der Waals surface area contributed by atoms with Crippen molar-refractivity contribution in [2.24, 2.45) is 5.92 Å². The fraction of sp³-hybridized carbons (Fsp3) is 0.333. The molecular formula is C24H29N3O3. The Morgan fingerprint density at radius 2 is 1.80 bits per heavy atom. The van der Waals surface area contributed by atoms with E-state index >= 15 is 0 Å². The fourth-order valence-electron chi connectivity index (χ4n) is 3.51. The zero-order valence-electron chi connectivity index (χ0n) is 17.7. The standard InChI is InChI=1S/C24H29N3O3/c1-4-16(5-2)24(29)27-19-8-6-17(7-9-19)23(28)25-13-12-18-15-26-22-11-10-20(30-3)14-21(18)22/h6-11,14-16,26H,4-5,12-13H2,1-3H3,(H,25,28)(H,27,29). The van der Waals surface area contributed by atoms with Crippen LogP contribution in [0.15, 0.2) is 48.7 Å². The molecule has 2 amide bonds. The number of H-pyrrole nitrogens is 1. The maximum absolute atomic E-state index is 12.4. The summed E-state index contributed by atoms with van der Waals surface area (Å²) in [4.78, 5) is 27.9. The van der Waals surface area contributed by atoms with Crippen LogP contribution < -0.4 is 15.4 Å². The van der Waals surface area contributed by atoms with Gasteiger partial charge < -0.3 is 20.4 Å². The Morgan fingerprint density at radius 1 is 1.07 bits per heavy atom. The van der Waals surface area contributed by atoms with E-state index in [-0.39, 0.29) is 17.7 Å². The first kappa shape index (κ1) is 21.4. The second kappa shape index (κ2) is 9.96. The maximum atomic E-state index is 12.4. The highest BCUT2D eigenvalue weighted by Gasteiger charge is 2.14. The second-order valence-electron chi connectivity index (χ2n) is 7.31. The van der Waals surface area contributed by atoms with Crippen LogP contribution in [0.1, 0.15) is 42.6 Å².